The van der Waals surface area contributed by atoms with Crippen LogP contribution >= 0.6 is 0 Å². The normalized spacial score (nSPS) is 25.8. The molecular weight excluding hydrogens is 318 g/mol. The lowest BCUT2D eigenvalue weighted by Gasteiger charge is -2.38. The van der Waals surface area contributed by atoms with Crippen molar-refractivity contribution < 1.29 is 18.4 Å². The van der Waals surface area contributed by atoms with E-state index in [1.807, 2.05) is 0 Å². The molecule has 2 aliphatic carbocycles. The van der Waals surface area contributed by atoms with Gasteiger partial charge in [0.2, 0.25) is 11.8 Å². The summed E-state index contributed by atoms with van der Waals surface area (Å²) in [5, 5.41) is 6.84. The molecule has 4 rings (SSSR count). The minimum Gasteiger partial charge on any atom is -0.351 e. The summed E-state index contributed by atoms with van der Waals surface area (Å²) in [7, 11) is 0. The molecule has 0 bridgehead atoms. The maximum atomic E-state index is 12.9. The Morgan fingerprint density at radius 3 is 2.75 bits per heavy atom. The van der Waals surface area contributed by atoms with Crippen LogP contribution in [0.2, 0.25) is 0 Å². The van der Waals surface area contributed by atoms with Crippen molar-refractivity contribution in [1.29, 1.82) is 0 Å². The third-order valence-electron chi connectivity index (χ3n) is 5.05. The van der Waals surface area contributed by atoms with Crippen LogP contribution in [0, 0.1) is 5.92 Å². The summed E-state index contributed by atoms with van der Waals surface area (Å²) in [6.45, 7) is 0.687. The van der Waals surface area contributed by atoms with Gasteiger partial charge in [0.15, 0.2) is 0 Å². The molecule has 24 heavy (non-hydrogen) atoms. The van der Waals surface area contributed by atoms with E-state index in [9.17, 15) is 18.4 Å². The van der Waals surface area contributed by atoms with Gasteiger partial charge in [-0.25, -0.2) is 8.78 Å². The van der Waals surface area contributed by atoms with Gasteiger partial charge in [0.1, 0.15) is 6.04 Å². The Bertz CT molecular complexity index is 663. The topological polar surface area (TPSA) is 67.2 Å². The van der Waals surface area contributed by atoms with Crippen molar-refractivity contribution in [2.24, 2.45) is 5.92 Å². The van der Waals surface area contributed by atoms with Gasteiger partial charge in [0.25, 0.3) is 5.92 Å². The first-order chi connectivity index (χ1) is 11.4. The SMILES string of the molecule is O=C(NC1CC(F)(F)C1)[C@H]1CN(C(=O)CC2CC2)Cc2ccnn21. The van der Waals surface area contributed by atoms with Gasteiger partial charge in [-0.15, -0.1) is 0 Å². The van der Waals surface area contributed by atoms with E-state index in [1.165, 1.54) is 0 Å². The number of hydrogen-bond acceptors (Lipinski definition) is 3. The monoisotopic (exact) mass is 338 g/mol. The number of alkyl halides is 2. The fourth-order valence-electron chi connectivity index (χ4n) is 3.44. The molecule has 0 aromatic carbocycles. The Kier molecular flexibility index (Phi) is 3.58. The molecule has 1 aliphatic heterocycles. The zero-order chi connectivity index (χ0) is 16.9. The van der Waals surface area contributed by atoms with E-state index in [0.717, 1.165) is 18.5 Å². The van der Waals surface area contributed by atoms with Gasteiger partial charge in [0, 0.05) is 31.5 Å². The van der Waals surface area contributed by atoms with Crippen LogP contribution in [-0.4, -0.2) is 45.0 Å². The molecule has 2 amide bonds. The van der Waals surface area contributed by atoms with E-state index in [4.69, 9.17) is 0 Å². The molecule has 0 saturated heterocycles. The fraction of sp³-hybridized carbons (Fsp3) is 0.688. The van der Waals surface area contributed by atoms with Crippen molar-refractivity contribution in [2.45, 2.75) is 56.7 Å². The van der Waals surface area contributed by atoms with Crippen LogP contribution in [-0.2, 0) is 16.1 Å². The average molecular weight is 338 g/mol. The predicted molar refractivity (Wildman–Crippen MR) is 80.1 cm³/mol. The quantitative estimate of drug-likeness (QED) is 0.904. The number of carbonyl (C=O) groups excluding carboxylic acids is 2. The lowest BCUT2D eigenvalue weighted by molar-refractivity contribution is -0.138. The van der Waals surface area contributed by atoms with Crippen molar-refractivity contribution in [1.82, 2.24) is 20.0 Å². The van der Waals surface area contributed by atoms with Gasteiger partial charge < -0.3 is 10.2 Å². The third-order valence-corrected chi connectivity index (χ3v) is 5.05. The van der Waals surface area contributed by atoms with Crippen molar-refractivity contribution in [3.8, 4) is 0 Å². The third kappa shape index (κ3) is 3.01. The van der Waals surface area contributed by atoms with Crippen molar-refractivity contribution in [3.63, 3.8) is 0 Å². The molecule has 1 aromatic heterocycles. The van der Waals surface area contributed by atoms with E-state index in [0.29, 0.717) is 18.9 Å². The minimum atomic E-state index is -2.67. The lowest BCUT2D eigenvalue weighted by Crippen LogP contribution is -2.54. The highest BCUT2D eigenvalue weighted by molar-refractivity contribution is 5.83. The molecule has 2 saturated carbocycles. The van der Waals surface area contributed by atoms with E-state index in [1.54, 1.807) is 21.8 Å². The van der Waals surface area contributed by atoms with E-state index >= 15 is 0 Å². The Balaban J connectivity index is 1.44. The number of rotatable bonds is 4. The summed E-state index contributed by atoms with van der Waals surface area (Å²) in [5.74, 6) is -2.48. The van der Waals surface area contributed by atoms with Crippen LogP contribution in [0.3, 0.4) is 0 Å². The summed E-state index contributed by atoms with van der Waals surface area (Å²) in [6.07, 6.45) is 3.68. The van der Waals surface area contributed by atoms with Gasteiger partial charge in [0.05, 0.1) is 18.8 Å². The van der Waals surface area contributed by atoms with Gasteiger partial charge in [-0.2, -0.15) is 5.10 Å². The van der Waals surface area contributed by atoms with E-state index in [2.05, 4.69) is 10.4 Å². The molecule has 0 unspecified atom stereocenters. The largest absolute Gasteiger partial charge is 0.351 e. The van der Waals surface area contributed by atoms with Crippen LogP contribution < -0.4 is 5.32 Å². The number of nitrogens with one attached hydrogen (secondary N) is 1. The van der Waals surface area contributed by atoms with Crippen LogP contribution in [0.25, 0.3) is 0 Å². The molecule has 0 spiro atoms. The molecule has 2 heterocycles. The zero-order valence-electron chi connectivity index (χ0n) is 13.3. The van der Waals surface area contributed by atoms with Crippen molar-refractivity contribution in [3.05, 3.63) is 18.0 Å². The molecule has 3 aliphatic rings. The Morgan fingerprint density at radius 1 is 1.33 bits per heavy atom. The van der Waals surface area contributed by atoms with E-state index in [-0.39, 0.29) is 31.2 Å². The summed E-state index contributed by atoms with van der Waals surface area (Å²) >= 11 is 0. The maximum Gasteiger partial charge on any atom is 0.252 e. The maximum absolute atomic E-state index is 12.9. The molecule has 130 valence electrons. The highest BCUT2D eigenvalue weighted by Crippen LogP contribution is 2.38. The number of carbonyl (C=O) groups is 2. The Hall–Kier alpha value is -1.99. The number of amides is 2. The smallest absolute Gasteiger partial charge is 0.252 e. The standard InChI is InChI=1S/C16H20F2N4O2/c17-16(18)6-11(7-16)20-15(24)13-9-21(14(23)5-10-1-2-10)8-12-3-4-19-22(12)13/h3-4,10-11,13H,1-2,5-9H2,(H,20,24)/t13-/m1/s1. The minimum absolute atomic E-state index is 0.0536. The highest BCUT2D eigenvalue weighted by Gasteiger charge is 2.47. The first kappa shape index (κ1) is 15.5. The number of halogens is 2. The molecule has 8 heteroatoms. The van der Waals surface area contributed by atoms with Crippen molar-refractivity contribution >= 4 is 11.8 Å². The van der Waals surface area contributed by atoms with Crippen LogP contribution in [0.15, 0.2) is 12.3 Å². The molecule has 1 aromatic rings. The summed E-state index contributed by atoms with van der Waals surface area (Å²) in [5.41, 5.74) is 0.796. The van der Waals surface area contributed by atoms with Crippen LogP contribution in [0.1, 0.15) is 43.8 Å². The second kappa shape index (κ2) is 5.53. The summed E-state index contributed by atoms with van der Waals surface area (Å²) < 4.78 is 27.5. The summed E-state index contributed by atoms with van der Waals surface area (Å²) in [4.78, 5) is 26.6. The van der Waals surface area contributed by atoms with Gasteiger partial charge >= 0.3 is 0 Å². The number of nitrogens with zero attached hydrogens (tertiary/aromatic N) is 3. The van der Waals surface area contributed by atoms with Crippen LogP contribution in [0.4, 0.5) is 8.78 Å². The Labute approximate surface area is 138 Å². The van der Waals surface area contributed by atoms with Gasteiger partial charge in [-0.05, 0) is 24.8 Å². The van der Waals surface area contributed by atoms with Crippen molar-refractivity contribution in [2.75, 3.05) is 6.54 Å². The molecule has 1 N–H and O–H groups in total. The fourth-order valence-corrected chi connectivity index (χ4v) is 3.44. The molecule has 6 nitrogen and oxygen atoms in total. The van der Waals surface area contributed by atoms with Gasteiger partial charge in [-0.3, -0.25) is 14.3 Å². The second-order valence-electron chi connectivity index (χ2n) is 7.17. The van der Waals surface area contributed by atoms with Gasteiger partial charge in [-0.1, -0.05) is 0 Å². The number of aromatic nitrogens is 2. The number of fused-ring (bicyclic) bond motifs is 1. The number of hydrogen-bond donors (Lipinski definition) is 1. The first-order valence-electron chi connectivity index (χ1n) is 8.40. The zero-order valence-corrected chi connectivity index (χ0v) is 13.3. The average Bonchev–Trinajstić information content (AvgIpc) is 3.17. The van der Waals surface area contributed by atoms with E-state index < -0.39 is 18.0 Å². The summed E-state index contributed by atoms with van der Waals surface area (Å²) in [6, 6.07) is 0.638. The first-order valence-corrected chi connectivity index (χ1v) is 8.40. The molecule has 1 atom stereocenters. The molecular formula is C16H20F2N4O2. The highest BCUT2D eigenvalue weighted by atomic mass is 19.3. The van der Waals surface area contributed by atoms with Crippen LogP contribution in [0.5, 0.6) is 0 Å². The second-order valence-corrected chi connectivity index (χ2v) is 7.17. The molecule has 2 fully saturated rings. The Morgan fingerprint density at radius 2 is 2.08 bits per heavy atom. The molecule has 0 radical (unpaired) electrons. The predicted octanol–water partition coefficient (Wildman–Crippen LogP) is 1.48. The lowest BCUT2D eigenvalue weighted by atomic mass is 9.88.